The van der Waals surface area contributed by atoms with Crippen molar-refractivity contribution in [3.05, 3.63) is 47.0 Å². The molecule has 0 saturated carbocycles. The Morgan fingerprint density at radius 3 is 2.26 bits per heavy atom. The van der Waals surface area contributed by atoms with E-state index in [0.717, 1.165) is 46.5 Å². The molecule has 0 amide bonds. The van der Waals surface area contributed by atoms with Crippen molar-refractivity contribution in [1.29, 1.82) is 0 Å². The number of ether oxygens (including phenoxy) is 1. The highest BCUT2D eigenvalue weighted by molar-refractivity contribution is 5.91. The molecule has 2 N–H and O–H groups in total. The molecule has 0 aliphatic rings. The Balaban J connectivity index is 2.22. The summed E-state index contributed by atoms with van der Waals surface area (Å²) in [7, 11) is 1.69. The maximum atomic E-state index is 10.3. The zero-order chi connectivity index (χ0) is 16.6. The number of aryl methyl sites for hydroxylation is 3. The number of hydrogen-bond donors (Lipinski definition) is 2. The molecule has 1 aromatic heterocycles. The first-order valence-corrected chi connectivity index (χ1v) is 8.10. The topological polar surface area (TPSA) is 45.2 Å². The predicted molar refractivity (Wildman–Crippen MR) is 95.4 cm³/mol. The second-order valence-electron chi connectivity index (χ2n) is 5.89. The van der Waals surface area contributed by atoms with Crippen LogP contribution in [0.15, 0.2) is 30.3 Å². The van der Waals surface area contributed by atoms with Gasteiger partial charge in [-0.15, -0.1) is 0 Å². The Labute approximate surface area is 136 Å². The minimum Gasteiger partial charge on any atom is -0.507 e. The molecule has 0 radical (unpaired) electrons. The first kappa shape index (κ1) is 15.5. The average Bonchev–Trinajstić information content (AvgIpc) is 2.91. The highest BCUT2D eigenvalue weighted by Gasteiger charge is 2.14. The smallest absolute Gasteiger partial charge is 0.121 e. The molecule has 0 aliphatic heterocycles. The fourth-order valence-electron chi connectivity index (χ4n) is 3.16. The zero-order valence-corrected chi connectivity index (χ0v) is 14.2. The van der Waals surface area contributed by atoms with Crippen molar-refractivity contribution < 1.29 is 9.84 Å². The molecule has 3 nitrogen and oxygen atoms in total. The Hall–Kier alpha value is -2.42. The molecule has 3 rings (SSSR count). The third-order valence-electron chi connectivity index (χ3n) is 4.58. The molecule has 120 valence electrons. The summed E-state index contributed by atoms with van der Waals surface area (Å²) < 4.78 is 5.33. The lowest BCUT2D eigenvalue weighted by Gasteiger charge is -2.11. The Kier molecular flexibility index (Phi) is 4.03. The van der Waals surface area contributed by atoms with E-state index in [4.69, 9.17) is 4.74 Å². The van der Waals surface area contributed by atoms with Gasteiger partial charge in [0.1, 0.15) is 11.5 Å². The zero-order valence-electron chi connectivity index (χ0n) is 14.2. The molecule has 1 heterocycles. The van der Waals surface area contributed by atoms with Crippen LogP contribution in [0.5, 0.6) is 11.5 Å². The van der Waals surface area contributed by atoms with Crippen LogP contribution in [0.4, 0.5) is 0 Å². The molecular weight excluding hydrogens is 286 g/mol. The van der Waals surface area contributed by atoms with Gasteiger partial charge >= 0.3 is 0 Å². The number of fused-ring (bicyclic) bond motifs is 1. The lowest BCUT2D eigenvalue weighted by molar-refractivity contribution is 0.415. The maximum absolute atomic E-state index is 10.3. The van der Waals surface area contributed by atoms with Gasteiger partial charge in [0.15, 0.2) is 0 Å². The van der Waals surface area contributed by atoms with Crippen LogP contribution in [0.25, 0.3) is 22.2 Å². The summed E-state index contributed by atoms with van der Waals surface area (Å²) in [5.41, 5.74) is 6.53. The van der Waals surface area contributed by atoms with E-state index in [-0.39, 0.29) is 0 Å². The van der Waals surface area contributed by atoms with E-state index in [1.807, 2.05) is 12.1 Å². The Morgan fingerprint density at radius 2 is 1.70 bits per heavy atom. The van der Waals surface area contributed by atoms with Crippen LogP contribution in [-0.4, -0.2) is 17.2 Å². The van der Waals surface area contributed by atoms with Crippen LogP contribution in [0.3, 0.4) is 0 Å². The van der Waals surface area contributed by atoms with Gasteiger partial charge < -0.3 is 14.8 Å². The lowest BCUT2D eigenvalue weighted by atomic mass is 9.97. The van der Waals surface area contributed by atoms with Gasteiger partial charge in [-0.05, 0) is 72.4 Å². The van der Waals surface area contributed by atoms with Gasteiger partial charge in [-0.1, -0.05) is 13.8 Å². The molecule has 0 fully saturated rings. The van der Waals surface area contributed by atoms with E-state index >= 15 is 0 Å². The van der Waals surface area contributed by atoms with Gasteiger partial charge in [0.2, 0.25) is 0 Å². The van der Waals surface area contributed by atoms with Crippen LogP contribution < -0.4 is 4.74 Å². The Morgan fingerprint density at radius 1 is 1.04 bits per heavy atom. The van der Waals surface area contributed by atoms with Crippen LogP contribution >= 0.6 is 0 Å². The van der Waals surface area contributed by atoms with Crippen molar-refractivity contribution in [2.24, 2.45) is 0 Å². The van der Waals surface area contributed by atoms with Gasteiger partial charge in [0, 0.05) is 16.6 Å². The van der Waals surface area contributed by atoms with E-state index in [2.05, 4.69) is 44.0 Å². The van der Waals surface area contributed by atoms with Gasteiger partial charge in [0.25, 0.3) is 0 Å². The largest absolute Gasteiger partial charge is 0.507 e. The molecule has 2 aromatic carbocycles. The molecule has 3 heteroatoms. The highest BCUT2D eigenvalue weighted by atomic mass is 16.5. The SMILES string of the molecule is CCc1cc(-c2[nH]c3ccc(OC)cc3c2C)cc(CC)c1O. The number of benzene rings is 2. The first-order valence-electron chi connectivity index (χ1n) is 8.10. The lowest BCUT2D eigenvalue weighted by Crippen LogP contribution is -1.92. The number of phenols is 1. The van der Waals surface area contributed by atoms with Crippen molar-refractivity contribution in [1.82, 2.24) is 4.98 Å². The summed E-state index contributed by atoms with van der Waals surface area (Å²) in [6, 6.07) is 10.2. The van der Waals surface area contributed by atoms with Gasteiger partial charge in [-0.2, -0.15) is 0 Å². The van der Waals surface area contributed by atoms with Crippen molar-refractivity contribution in [3.63, 3.8) is 0 Å². The number of hydrogen-bond acceptors (Lipinski definition) is 2. The third-order valence-corrected chi connectivity index (χ3v) is 4.58. The molecule has 0 saturated heterocycles. The number of aromatic nitrogens is 1. The van der Waals surface area contributed by atoms with Gasteiger partial charge in [-0.3, -0.25) is 0 Å². The monoisotopic (exact) mass is 309 g/mol. The van der Waals surface area contributed by atoms with Gasteiger partial charge in [0.05, 0.1) is 7.11 Å². The number of phenolic OH excluding ortho intramolecular Hbond substituents is 1. The second-order valence-corrected chi connectivity index (χ2v) is 5.89. The van der Waals surface area contributed by atoms with E-state index < -0.39 is 0 Å². The number of aromatic amines is 1. The number of H-pyrrole nitrogens is 1. The first-order chi connectivity index (χ1) is 11.1. The summed E-state index contributed by atoms with van der Waals surface area (Å²) in [4.78, 5) is 3.52. The number of rotatable bonds is 4. The molecular formula is C20H23NO2. The summed E-state index contributed by atoms with van der Waals surface area (Å²) in [6.45, 7) is 6.26. The minimum atomic E-state index is 0.439. The van der Waals surface area contributed by atoms with E-state index in [1.54, 1.807) is 7.11 Å². The van der Waals surface area contributed by atoms with Crippen LogP contribution in [0.2, 0.25) is 0 Å². The van der Waals surface area contributed by atoms with Crippen LogP contribution in [0, 0.1) is 6.92 Å². The normalized spacial score (nSPS) is 11.1. The summed E-state index contributed by atoms with van der Waals surface area (Å²) in [5.74, 6) is 1.30. The average molecular weight is 309 g/mol. The maximum Gasteiger partial charge on any atom is 0.121 e. The van der Waals surface area contributed by atoms with E-state index in [9.17, 15) is 5.11 Å². The van der Waals surface area contributed by atoms with Crippen LogP contribution in [0.1, 0.15) is 30.5 Å². The molecule has 23 heavy (non-hydrogen) atoms. The third kappa shape index (κ3) is 2.56. The van der Waals surface area contributed by atoms with Gasteiger partial charge in [-0.25, -0.2) is 0 Å². The van der Waals surface area contributed by atoms with Crippen molar-refractivity contribution >= 4 is 10.9 Å². The molecule has 0 unspecified atom stereocenters. The molecule has 0 atom stereocenters. The van der Waals surface area contributed by atoms with E-state index in [1.165, 1.54) is 10.9 Å². The highest BCUT2D eigenvalue weighted by Crippen LogP contribution is 2.35. The molecule has 0 bridgehead atoms. The standard InChI is InChI=1S/C20H23NO2/c1-5-13-9-15(10-14(6-2)20(13)22)19-12(3)17-11-16(23-4)7-8-18(17)21-19/h7-11,21-22H,5-6H2,1-4H3. The predicted octanol–water partition coefficient (Wildman–Crippen LogP) is 4.98. The molecule has 0 aliphatic carbocycles. The van der Waals surface area contributed by atoms with Crippen molar-refractivity contribution in [2.45, 2.75) is 33.6 Å². The second kappa shape index (κ2) is 5.99. The summed E-state index contributed by atoms with van der Waals surface area (Å²) in [6.07, 6.45) is 1.64. The number of methoxy groups -OCH3 is 1. The Bertz CT molecular complexity index is 836. The van der Waals surface area contributed by atoms with E-state index in [0.29, 0.717) is 5.75 Å². The quantitative estimate of drug-likeness (QED) is 0.713. The number of nitrogens with one attached hydrogen (secondary N) is 1. The fourth-order valence-corrected chi connectivity index (χ4v) is 3.16. The van der Waals surface area contributed by atoms with Crippen molar-refractivity contribution in [2.75, 3.05) is 7.11 Å². The molecule has 3 aromatic rings. The fraction of sp³-hybridized carbons (Fsp3) is 0.300. The summed E-state index contributed by atoms with van der Waals surface area (Å²) >= 11 is 0. The number of aromatic hydroxyl groups is 1. The van der Waals surface area contributed by atoms with Crippen LogP contribution in [-0.2, 0) is 12.8 Å². The summed E-state index contributed by atoms with van der Waals surface area (Å²) in [5, 5.41) is 11.5. The minimum absolute atomic E-state index is 0.439. The molecule has 0 spiro atoms. The van der Waals surface area contributed by atoms with Crippen molar-refractivity contribution in [3.8, 4) is 22.8 Å².